The van der Waals surface area contributed by atoms with E-state index in [-0.39, 0.29) is 5.56 Å². The minimum atomic E-state index is -1.15. The fourth-order valence-electron chi connectivity index (χ4n) is 1.53. The van der Waals surface area contributed by atoms with Crippen LogP contribution in [0.4, 0.5) is 4.39 Å². The standard InChI is InChI=1S/C11H8FNO2/c12-6-9(14)10-7-4-2-1-3-5-8(7)13-11(10)15/h1-5H,6H2,(H,13,15). The molecule has 0 bridgehead atoms. The van der Waals surface area contributed by atoms with Crippen molar-refractivity contribution in [3.63, 3.8) is 0 Å². The molecule has 1 aliphatic carbocycles. The lowest BCUT2D eigenvalue weighted by Gasteiger charge is -1.93. The molecule has 2 rings (SSSR count). The second kappa shape index (κ2) is 3.65. The predicted molar refractivity (Wildman–Crippen MR) is 54.0 cm³/mol. The van der Waals surface area contributed by atoms with Crippen molar-refractivity contribution < 1.29 is 9.18 Å². The Hall–Kier alpha value is -1.97. The van der Waals surface area contributed by atoms with Gasteiger partial charge in [0.1, 0.15) is 0 Å². The lowest BCUT2D eigenvalue weighted by Crippen LogP contribution is -2.13. The van der Waals surface area contributed by atoms with Gasteiger partial charge in [0.05, 0.1) is 5.56 Å². The molecule has 1 aliphatic heterocycles. The van der Waals surface area contributed by atoms with Crippen LogP contribution in [0.5, 0.6) is 0 Å². The van der Waals surface area contributed by atoms with Crippen molar-refractivity contribution in [2.45, 2.75) is 0 Å². The lowest BCUT2D eigenvalue weighted by molar-refractivity contribution is 0.0958. The Morgan fingerprint density at radius 3 is 2.73 bits per heavy atom. The van der Waals surface area contributed by atoms with Gasteiger partial charge in [0, 0.05) is 11.3 Å². The van der Waals surface area contributed by atoms with E-state index in [0.29, 0.717) is 11.3 Å². The summed E-state index contributed by atoms with van der Waals surface area (Å²) in [6, 6.07) is 8.50. The number of rotatable bonds is 2. The molecule has 15 heavy (non-hydrogen) atoms. The Balaban J connectivity index is 2.74. The summed E-state index contributed by atoms with van der Waals surface area (Å²) in [4.78, 5) is 25.1. The number of fused-ring (bicyclic) bond motifs is 1. The molecule has 76 valence electrons. The summed E-state index contributed by atoms with van der Waals surface area (Å²) in [5, 5.41) is 0. The first-order valence-electron chi connectivity index (χ1n) is 4.44. The van der Waals surface area contributed by atoms with Gasteiger partial charge in [0.25, 0.3) is 5.56 Å². The van der Waals surface area contributed by atoms with Gasteiger partial charge in [-0.3, -0.25) is 9.59 Å². The maximum Gasteiger partial charge on any atom is 0.260 e. The highest BCUT2D eigenvalue weighted by atomic mass is 19.1. The summed E-state index contributed by atoms with van der Waals surface area (Å²) >= 11 is 0. The Morgan fingerprint density at radius 1 is 1.27 bits per heavy atom. The number of aromatic nitrogens is 1. The Morgan fingerprint density at radius 2 is 2.00 bits per heavy atom. The van der Waals surface area contributed by atoms with Gasteiger partial charge in [0.2, 0.25) is 0 Å². The molecule has 0 aromatic rings. The average molecular weight is 205 g/mol. The lowest BCUT2D eigenvalue weighted by atomic mass is 10.1. The Kier molecular flexibility index (Phi) is 2.33. The number of nitrogens with one attached hydrogen (secondary N) is 1. The molecule has 0 amide bonds. The molecular formula is C11H8FNO2. The number of halogens is 1. The number of ketones is 1. The summed E-state index contributed by atoms with van der Waals surface area (Å²) < 4.78 is 12.2. The van der Waals surface area contributed by atoms with E-state index >= 15 is 0 Å². The van der Waals surface area contributed by atoms with Gasteiger partial charge in [-0.25, -0.2) is 4.39 Å². The minimum absolute atomic E-state index is 0.0938. The number of H-pyrrole nitrogens is 1. The van der Waals surface area contributed by atoms with Crippen LogP contribution in [0.1, 0.15) is 10.4 Å². The first kappa shape index (κ1) is 9.58. The molecule has 0 aromatic heterocycles. The fraction of sp³-hybridized carbons (Fsp3) is 0.0909. The average Bonchev–Trinajstić information content (AvgIpc) is 2.40. The van der Waals surface area contributed by atoms with Crippen molar-refractivity contribution in [1.82, 2.24) is 4.98 Å². The maximum atomic E-state index is 12.2. The molecule has 0 saturated carbocycles. The van der Waals surface area contributed by atoms with E-state index in [1.165, 1.54) is 0 Å². The third-order valence-corrected chi connectivity index (χ3v) is 2.18. The molecule has 0 aromatic carbocycles. The summed E-state index contributed by atoms with van der Waals surface area (Å²) in [5.74, 6) is -0.780. The minimum Gasteiger partial charge on any atom is -0.321 e. The number of carbonyl (C=O) groups is 1. The van der Waals surface area contributed by atoms with Crippen LogP contribution in [-0.2, 0) is 0 Å². The summed E-state index contributed by atoms with van der Waals surface area (Å²) in [6.45, 7) is -1.15. The largest absolute Gasteiger partial charge is 0.321 e. The molecule has 2 aliphatic rings. The van der Waals surface area contributed by atoms with Gasteiger partial charge < -0.3 is 4.98 Å². The topological polar surface area (TPSA) is 49.9 Å². The Bertz CT molecular complexity index is 533. The highest BCUT2D eigenvalue weighted by Gasteiger charge is 2.19. The van der Waals surface area contributed by atoms with Crippen LogP contribution in [0.3, 0.4) is 0 Å². The van der Waals surface area contributed by atoms with E-state index in [1.54, 1.807) is 30.3 Å². The quantitative estimate of drug-likeness (QED) is 0.757. The molecule has 3 nitrogen and oxygen atoms in total. The third-order valence-electron chi connectivity index (χ3n) is 2.18. The maximum absolute atomic E-state index is 12.2. The van der Waals surface area contributed by atoms with Gasteiger partial charge >= 0.3 is 0 Å². The number of hydrogen-bond acceptors (Lipinski definition) is 2. The number of aromatic amines is 1. The summed E-state index contributed by atoms with van der Waals surface area (Å²) in [7, 11) is 0. The molecule has 0 spiro atoms. The summed E-state index contributed by atoms with van der Waals surface area (Å²) in [6.07, 6.45) is 0. The van der Waals surface area contributed by atoms with Crippen LogP contribution < -0.4 is 5.56 Å². The zero-order chi connectivity index (χ0) is 10.8. The molecule has 0 fully saturated rings. The van der Waals surface area contributed by atoms with E-state index < -0.39 is 18.0 Å². The van der Waals surface area contributed by atoms with Crippen LogP contribution in [-0.4, -0.2) is 17.4 Å². The first-order valence-corrected chi connectivity index (χ1v) is 4.44. The highest BCUT2D eigenvalue weighted by molar-refractivity contribution is 6.03. The van der Waals surface area contributed by atoms with Crippen molar-refractivity contribution >= 4 is 5.78 Å². The summed E-state index contributed by atoms with van der Waals surface area (Å²) in [5.41, 5.74) is 0.386. The number of hydrogen-bond donors (Lipinski definition) is 1. The van der Waals surface area contributed by atoms with Crippen LogP contribution in [0.2, 0.25) is 0 Å². The van der Waals surface area contributed by atoms with Crippen molar-refractivity contribution in [2.24, 2.45) is 0 Å². The molecule has 0 saturated heterocycles. The van der Waals surface area contributed by atoms with Gasteiger partial charge in [-0.1, -0.05) is 24.3 Å². The number of Topliss-reactive ketones (excluding diaryl/α,β-unsaturated/α-hetero) is 1. The van der Waals surface area contributed by atoms with Gasteiger partial charge in [-0.15, -0.1) is 0 Å². The van der Waals surface area contributed by atoms with Crippen molar-refractivity contribution in [3.05, 3.63) is 46.2 Å². The SMILES string of the molecule is O=C(CF)c1c2cccccc-2[nH]c1=O. The van der Waals surface area contributed by atoms with Gasteiger partial charge in [0.15, 0.2) is 12.5 Å². The zero-order valence-corrected chi connectivity index (χ0v) is 7.79. The van der Waals surface area contributed by atoms with Crippen LogP contribution in [0.25, 0.3) is 11.3 Å². The predicted octanol–water partition coefficient (Wildman–Crippen LogP) is 1.63. The number of alkyl halides is 1. The fourth-order valence-corrected chi connectivity index (χ4v) is 1.53. The molecular weight excluding hydrogens is 197 g/mol. The van der Waals surface area contributed by atoms with E-state index in [2.05, 4.69) is 4.98 Å². The van der Waals surface area contributed by atoms with E-state index in [0.717, 1.165) is 0 Å². The normalized spacial score (nSPS) is 10.5. The highest BCUT2D eigenvalue weighted by Crippen LogP contribution is 2.20. The monoisotopic (exact) mass is 205 g/mol. The zero-order valence-electron chi connectivity index (χ0n) is 7.79. The smallest absolute Gasteiger partial charge is 0.260 e. The first-order chi connectivity index (χ1) is 7.24. The van der Waals surface area contributed by atoms with E-state index in [1.807, 2.05) is 0 Å². The van der Waals surface area contributed by atoms with Crippen LogP contribution in [0.15, 0.2) is 35.1 Å². The van der Waals surface area contributed by atoms with E-state index in [4.69, 9.17) is 0 Å². The Labute approximate surface area is 84.9 Å². The van der Waals surface area contributed by atoms with Gasteiger partial charge in [-0.05, 0) is 6.07 Å². The van der Waals surface area contributed by atoms with Crippen molar-refractivity contribution in [2.75, 3.05) is 6.67 Å². The number of carbonyl (C=O) groups excluding carboxylic acids is 1. The van der Waals surface area contributed by atoms with Crippen LogP contribution >= 0.6 is 0 Å². The van der Waals surface area contributed by atoms with Gasteiger partial charge in [-0.2, -0.15) is 0 Å². The van der Waals surface area contributed by atoms with E-state index in [9.17, 15) is 14.0 Å². The molecule has 0 atom stereocenters. The molecule has 1 N–H and O–H groups in total. The second-order valence-electron chi connectivity index (χ2n) is 3.12. The molecule has 0 unspecified atom stereocenters. The third kappa shape index (κ3) is 1.54. The molecule has 0 radical (unpaired) electrons. The van der Waals surface area contributed by atoms with Crippen molar-refractivity contribution in [1.29, 1.82) is 0 Å². The van der Waals surface area contributed by atoms with Crippen LogP contribution in [0, 0.1) is 0 Å². The second-order valence-corrected chi connectivity index (χ2v) is 3.12. The molecule has 4 heteroatoms. The molecule has 1 heterocycles. The van der Waals surface area contributed by atoms with Crippen molar-refractivity contribution in [3.8, 4) is 11.3 Å².